The standard InChI is InChI=1S/C11H13NO3Si/c1-16(2,3)15-11(14)9-6-4-5-7-10(9)12-8-13/h4-7H,1-3H3. The van der Waals surface area contributed by atoms with Gasteiger partial charge in [0.2, 0.25) is 14.4 Å². The Morgan fingerprint density at radius 3 is 2.50 bits per heavy atom. The molecular weight excluding hydrogens is 222 g/mol. The number of nitrogens with zero attached hydrogens (tertiary/aromatic N) is 1. The van der Waals surface area contributed by atoms with Crippen LogP contribution in [-0.2, 0) is 9.22 Å². The lowest BCUT2D eigenvalue weighted by Crippen LogP contribution is -2.29. The third-order valence-electron chi connectivity index (χ3n) is 1.69. The highest BCUT2D eigenvalue weighted by molar-refractivity contribution is 6.71. The van der Waals surface area contributed by atoms with Crippen LogP contribution in [0.25, 0.3) is 0 Å². The fourth-order valence-electron chi connectivity index (χ4n) is 1.13. The predicted molar refractivity (Wildman–Crippen MR) is 63.0 cm³/mol. The number of para-hydroxylation sites is 1. The Kier molecular flexibility index (Phi) is 3.76. The summed E-state index contributed by atoms with van der Waals surface area (Å²) in [7, 11) is -1.94. The van der Waals surface area contributed by atoms with Gasteiger partial charge < -0.3 is 4.43 Å². The van der Waals surface area contributed by atoms with Gasteiger partial charge >= 0.3 is 5.97 Å². The highest BCUT2D eigenvalue weighted by Gasteiger charge is 2.22. The van der Waals surface area contributed by atoms with E-state index in [1.54, 1.807) is 24.3 Å². The third kappa shape index (κ3) is 3.45. The minimum absolute atomic E-state index is 0.292. The van der Waals surface area contributed by atoms with Gasteiger partial charge in [-0.1, -0.05) is 12.1 Å². The van der Waals surface area contributed by atoms with E-state index in [2.05, 4.69) is 4.99 Å². The molecule has 1 aromatic carbocycles. The molecule has 0 saturated carbocycles. The van der Waals surface area contributed by atoms with E-state index in [1.165, 1.54) is 6.08 Å². The van der Waals surface area contributed by atoms with Crippen molar-refractivity contribution in [1.82, 2.24) is 0 Å². The zero-order chi connectivity index (χ0) is 12.2. The first-order chi connectivity index (χ1) is 7.44. The molecule has 0 aliphatic carbocycles. The number of aliphatic imine (C=N–C) groups is 1. The lowest BCUT2D eigenvalue weighted by Gasteiger charge is -2.17. The molecule has 0 fully saturated rings. The van der Waals surface area contributed by atoms with Gasteiger partial charge in [-0.2, -0.15) is 4.99 Å². The van der Waals surface area contributed by atoms with E-state index in [0.717, 1.165) is 0 Å². The quantitative estimate of drug-likeness (QED) is 0.460. The molecule has 0 amide bonds. The highest BCUT2D eigenvalue weighted by Crippen LogP contribution is 2.20. The van der Waals surface area contributed by atoms with Crippen molar-refractivity contribution in [2.45, 2.75) is 19.6 Å². The molecule has 84 valence electrons. The number of benzene rings is 1. The van der Waals surface area contributed by atoms with Crippen molar-refractivity contribution in [2.75, 3.05) is 0 Å². The maximum absolute atomic E-state index is 11.8. The molecule has 1 aromatic rings. The van der Waals surface area contributed by atoms with Gasteiger partial charge in [0.25, 0.3) is 0 Å². The molecule has 0 bridgehead atoms. The number of hydrogen-bond acceptors (Lipinski definition) is 4. The molecule has 0 atom stereocenters. The number of isocyanates is 1. The van der Waals surface area contributed by atoms with Crippen LogP contribution >= 0.6 is 0 Å². The fourth-order valence-corrected chi connectivity index (χ4v) is 1.79. The van der Waals surface area contributed by atoms with Gasteiger partial charge in [0.15, 0.2) is 0 Å². The molecule has 0 saturated heterocycles. The lowest BCUT2D eigenvalue weighted by molar-refractivity contribution is 0.0725. The summed E-state index contributed by atoms with van der Waals surface area (Å²) in [6.45, 7) is 5.74. The van der Waals surface area contributed by atoms with Crippen molar-refractivity contribution >= 4 is 26.1 Å². The summed E-state index contributed by atoms with van der Waals surface area (Å²) in [5.41, 5.74) is 0.592. The van der Waals surface area contributed by atoms with Crippen LogP contribution in [0.15, 0.2) is 29.3 Å². The summed E-state index contributed by atoms with van der Waals surface area (Å²) in [6.07, 6.45) is 1.42. The first kappa shape index (κ1) is 12.4. The smallest absolute Gasteiger partial charge is 0.327 e. The van der Waals surface area contributed by atoms with Crippen molar-refractivity contribution in [3.8, 4) is 0 Å². The van der Waals surface area contributed by atoms with Crippen molar-refractivity contribution in [1.29, 1.82) is 0 Å². The summed E-state index contributed by atoms with van der Waals surface area (Å²) in [4.78, 5) is 25.4. The second-order valence-corrected chi connectivity index (χ2v) is 8.65. The molecule has 5 heteroatoms. The number of hydrogen-bond donors (Lipinski definition) is 0. The molecule has 0 aliphatic heterocycles. The Balaban J connectivity index is 3.04. The van der Waals surface area contributed by atoms with Crippen molar-refractivity contribution in [2.24, 2.45) is 4.99 Å². The molecule has 0 aliphatic rings. The van der Waals surface area contributed by atoms with Crippen LogP contribution in [0.1, 0.15) is 10.4 Å². The normalized spacial score (nSPS) is 10.4. The van der Waals surface area contributed by atoms with E-state index in [0.29, 0.717) is 11.3 Å². The van der Waals surface area contributed by atoms with E-state index >= 15 is 0 Å². The summed E-state index contributed by atoms with van der Waals surface area (Å²) in [5, 5.41) is 0. The predicted octanol–water partition coefficient (Wildman–Crippen LogP) is 2.65. The van der Waals surface area contributed by atoms with Gasteiger partial charge in [-0.05, 0) is 31.8 Å². The summed E-state index contributed by atoms with van der Waals surface area (Å²) < 4.78 is 5.32. The Labute approximate surface area is 95.1 Å². The molecule has 16 heavy (non-hydrogen) atoms. The molecule has 0 spiro atoms. The summed E-state index contributed by atoms with van der Waals surface area (Å²) >= 11 is 0. The van der Waals surface area contributed by atoms with Gasteiger partial charge in [-0.3, -0.25) is 0 Å². The second-order valence-electron chi connectivity index (χ2n) is 4.22. The SMILES string of the molecule is C[Si](C)(C)OC(=O)c1ccccc1N=C=O. The number of rotatable bonds is 3. The number of carbonyl (C=O) groups excluding carboxylic acids is 2. The zero-order valence-corrected chi connectivity index (χ0v) is 10.5. The first-order valence-electron chi connectivity index (χ1n) is 4.84. The van der Waals surface area contributed by atoms with Crippen LogP contribution in [0.2, 0.25) is 19.6 Å². The minimum atomic E-state index is -1.94. The van der Waals surface area contributed by atoms with Crippen LogP contribution in [0.4, 0.5) is 5.69 Å². The van der Waals surface area contributed by atoms with E-state index in [4.69, 9.17) is 4.43 Å². The molecule has 0 heterocycles. The maximum atomic E-state index is 11.8. The van der Waals surface area contributed by atoms with E-state index in [-0.39, 0.29) is 0 Å². The average molecular weight is 235 g/mol. The van der Waals surface area contributed by atoms with Crippen LogP contribution in [0.3, 0.4) is 0 Å². The lowest BCUT2D eigenvalue weighted by atomic mass is 10.2. The Hall–Kier alpha value is -1.71. The molecule has 0 N–H and O–H groups in total. The van der Waals surface area contributed by atoms with Gasteiger partial charge in [-0.25, -0.2) is 9.59 Å². The molecule has 0 unspecified atom stereocenters. The maximum Gasteiger partial charge on any atom is 0.327 e. The van der Waals surface area contributed by atoms with Crippen LogP contribution in [0, 0.1) is 0 Å². The molecular formula is C11H13NO3Si. The van der Waals surface area contributed by atoms with Crippen molar-refractivity contribution in [3.05, 3.63) is 29.8 Å². The van der Waals surface area contributed by atoms with Gasteiger partial charge in [0.1, 0.15) is 0 Å². The average Bonchev–Trinajstić information content (AvgIpc) is 2.16. The molecule has 0 aromatic heterocycles. The first-order valence-corrected chi connectivity index (χ1v) is 8.25. The summed E-state index contributed by atoms with van der Waals surface area (Å²) in [5.74, 6) is -0.436. The van der Waals surface area contributed by atoms with Crippen molar-refractivity contribution in [3.63, 3.8) is 0 Å². The highest BCUT2D eigenvalue weighted by atomic mass is 28.4. The van der Waals surface area contributed by atoms with E-state index < -0.39 is 14.3 Å². The molecule has 4 nitrogen and oxygen atoms in total. The van der Waals surface area contributed by atoms with Gasteiger partial charge in [0.05, 0.1) is 11.3 Å². The third-order valence-corrected chi connectivity index (χ3v) is 2.49. The van der Waals surface area contributed by atoms with Crippen LogP contribution < -0.4 is 0 Å². The molecule has 1 rings (SSSR count). The Morgan fingerprint density at radius 2 is 1.94 bits per heavy atom. The monoisotopic (exact) mass is 235 g/mol. The van der Waals surface area contributed by atoms with E-state index in [1.807, 2.05) is 19.6 Å². The van der Waals surface area contributed by atoms with Crippen molar-refractivity contribution < 1.29 is 14.0 Å². The van der Waals surface area contributed by atoms with Gasteiger partial charge in [0, 0.05) is 0 Å². The zero-order valence-electron chi connectivity index (χ0n) is 9.48. The Bertz CT molecular complexity index is 445. The molecule has 0 radical (unpaired) electrons. The topological polar surface area (TPSA) is 55.7 Å². The summed E-state index contributed by atoms with van der Waals surface area (Å²) in [6, 6.07) is 6.55. The fraction of sp³-hybridized carbons (Fsp3) is 0.273. The Morgan fingerprint density at radius 1 is 1.31 bits per heavy atom. The number of carbonyl (C=O) groups is 1. The van der Waals surface area contributed by atoms with Crippen LogP contribution in [0.5, 0.6) is 0 Å². The van der Waals surface area contributed by atoms with Crippen LogP contribution in [-0.4, -0.2) is 20.4 Å². The minimum Gasteiger partial charge on any atom is -0.516 e. The largest absolute Gasteiger partial charge is 0.516 e. The second kappa shape index (κ2) is 4.87. The van der Waals surface area contributed by atoms with E-state index in [9.17, 15) is 9.59 Å². The van der Waals surface area contributed by atoms with Gasteiger partial charge in [-0.15, -0.1) is 0 Å².